The number of aliphatic hydroxyl groups is 1. The van der Waals surface area contributed by atoms with Gasteiger partial charge in [-0.2, -0.15) is 0 Å². The van der Waals surface area contributed by atoms with Gasteiger partial charge in [0, 0.05) is 0 Å². The summed E-state index contributed by atoms with van der Waals surface area (Å²) in [6.45, 7) is 12.7. The largest absolute Gasteiger partial charge is 0.408 e. The van der Waals surface area contributed by atoms with E-state index in [2.05, 4.69) is 33.9 Å². The molecule has 10 atom stereocenters. The van der Waals surface area contributed by atoms with E-state index in [-0.39, 0.29) is 44.7 Å². The van der Waals surface area contributed by atoms with E-state index >= 15 is 0 Å². The van der Waals surface area contributed by atoms with Crippen molar-refractivity contribution in [2.75, 3.05) is 13.2 Å². The summed E-state index contributed by atoms with van der Waals surface area (Å²) >= 11 is 0. The van der Waals surface area contributed by atoms with Crippen LogP contribution in [0, 0.1) is 0 Å². The van der Waals surface area contributed by atoms with E-state index in [0.717, 1.165) is 33.4 Å². The number of hydrogen-bond acceptors (Lipinski definition) is 11. The molecule has 2 heterocycles. The lowest BCUT2D eigenvalue weighted by molar-refractivity contribution is -0.345. The Labute approximate surface area is 427 Å². The predicted octanol–water partition coefficient (Wildman–Crippen LogP) is 11.0. The lowest BCUT2D eigenvalue weighted by Gasteiger charge is -2.50. The highest BCUT2D eigenvalue weighted by Crippen LogP contribution is 2.41. The van der Waals surface area contributed by atoms with Crippen LogP contribution in [0.5, 0.6) is 0 Å². The van der Waals surface area contributed by atoms with Crippen molar-refractivity contribution in [3.05, 3.63) is 215 Å². The van der Waals surface area contributed by atoms with E-state index in [1.165, 1.54) is 0 Å². The third-order valence-electron chi connectivity index (χ3n) is 13.7. The summed E-state index contributed by atoms with van der Waals surface area (Å²) in [5, 5.41) is 11.9. The summed E-state index contributed by atoms with van der Waals surface area (Å²) in [5.41, 5.74) is 5.91. The van der Waals surface area contributed by atoms with E-state index in [1.54, 1.807) is 0 Å². The van der Waals surface area contributed by atoms with Crippen molar-refractivity contribution >= 4 is 8.32 Å². The van der Waals surface area contributed by atoms with Crippen LogP contribution in [-0.2, 0) is 86.7 Å². The topological polar surface area (TPSA) is 113 Å². The molecule has 0 aromatic heterocycles. The first kappa shape index (κ1) is 53.4. The molecule has 2 saturated heterocycles. The second-order valence-corrected chi connectivity index (χ2v) is 24.8. The van der Waals surface area contributed by atoms with Crippen molar-refractivity contribution in [1.29, 1.82) is 0 Å². The first-order valence-electron chi connectivity index (χ1n) is 25.2. The number of ether oxygens (including phenoxy) is 9. The quantitative estimate of drug-likeness (QED) is 0.0585. The van der Waals surface area contributed by atoms with E-state index in [9.17, 15) is 5.11 Å². The molecule has 0 radical (unpaired) electrons. The average molecular weight is 997 g/mol. The first-order chi connectivity index (χ1) is 35.0. The summed E-state index contributed by atoms with van der Waals surface area (Å²) < 4.78 is 68.9. The molecule has 0 unspecified atom stereocenters. The van der Waals surface area contributed by atoms with Gasteiger partial charge in [-0.25, -0.2) is 0 Å². The van der Waals surface area contributed by atoms with Gasteiger partial charge < -0.3 is 52.2 Å². The number of aliphatic hydroxyl groups excluding tert-OH is 1. The van der Waals surface area contributed by atoms with Crippen LogP contribution in [0.1, 0.15) is 54.2 Å². The van der Waals surface area contributed by atoms with E-state index < -0.39 is 69.7 Å². The molecule has 0 amide bonds. The average Bonchev–Trinajstić information content (AvgIpc) is 3.40. The van der Waals surface area contributed by atoms with Gasteiger partial charge in [-0.15, -0.1) is 0 Å². The summed E-state index contributed by atoms with van der Waals surface area (Å²) in [6, 6.07) is 60.0. The molecule has 382 valence electrons. The second-order valence-electron chi connectivity index (χ2n) is 20.1. The van der Waals surface area contributed by atoms with Gasteiger partial charge in [-0.3, -0.25) is 0 Å². The molecule has 2 fully saturated rings. The molecule has 12 heteroatoms. The molecule has 0 bridgehead atoms. The molecule has 1 N–H and O–H groups in total. The zero-order chi connectivity index (χ0) is 50.2. The minimum Gasteiger partial charge on any atom is -0.408 e. The Morgan fingerprint density at radius 1 is 0.389 bits per heavy atom. The van der Waals surface area contributed by atoms with Gasteiger partial charge >= 0.3 is 0 Å². The van der Waals surface area contributed by atoms with E-state index in [4.69, 9.17) is 47.1 Å². The third kappa shape index (κ3) is 15.1. The van der Waals surface area contributed by atoms with Gasteiger partial charge in [0.15, 0.2) is 20.9 Å². The smallest absolute Gasteiger partial charge is 0.192 e. The zero-order valence-electron chi connectivity index (χ0n) is 42.3. The zero-order valence-corrected chi connectivity index (χ0v) is 43.3. The van der Waals surface area contributed by atoms with Gasteiger partial charge in [0.1, 0.15) is 48.8 Å². The minimum atomic E-state index is -2.57. The summed E-state index contributed by atoms with van der Waals surface area (Å²) in [6.07, 6.45) is -8.53. The standard InChI is InChI=1S/C60H72O11Si/c1-60(2,3)72(4,5)71-53-51(69-58(61)56(66-40-48-32-20-10-21-33-48)55(53)65-39-47-30-18-9-19-31-47)43-68-59-57(67-41-49-34-22-11-23-35-49)54(64-38-46-28-16-8-17-29-46)52(63-37-45-26-14-7-15-27-45)50(70-59)42-62-36-44-24-12-6-13-25-44/h6-35,50-59,61H,36-43H2,1-5H3/t50-,51-,52-,53-,54+,55+,56-,57-,58+,59+/m1/s1. The number of rotatable bonds is 24. The monoisotopic (exact) mass is 996 g/mol. The van der Waals surface area contributed by atoms with Crippen LogP contribution in [0.25, 0.3) is 0 Å². The lowest BCUT2D eigenvalue weighted by Crippen LogP contribution is -2.65. The maximum Gasteiger partial charge on any atom is 0.192 e. The fraction of sp³-hybridized carbons (Fsp3) is 0.400. The Morgan fingerprint density at radius 2 is 0.722 bits per heavy atom. The van der Waals surface area contributed by atoms with E-state index in [0.29, 0.717) is 13.2 Å². The summed E-state index contributed by atoms with van der Waals surface area (Å²) in [7, 11) is -2.57. The van der Waals surface area contributed by atoms with Gasteiger partial charge in [-0.05, 0) is 51.5 Å². The highest BCUT2D eigenvalue weighted by Gasteiger charge is 2.54. The van der Waals surface area contributed by atoms with Crippen LogP contribution >= 0.6 is 0 Å². The van der Waals surface area contributed by atoms with Crippen molar-refractivity contribution in [2.24, 2.45) is 0 Å². The molecule has 6 aromatic carbocycles. The Hall–Kier alpha value is -4.90. The molecule has 2 aliphatic heterocycles. The molecule has 11 nitrogen and oxygen atoms in total. The van der Waals surface area contributed by atoms with E-state index in [1.807, 2.05) is 182 Å². The Balaban J connectivity index is 1.14. The minimum absolute atomic E-state index is 0.0681. The van der Waals surface area contributed by atoms with Crippen molar-refractivity contribution in [3.63, 3.8) is 0 Å². The Bertz CT molecular complexity index is 2430. The molecular weight excluding hydrogens is 925 g/mol. The summed E-state index contributed by atoms with van der Waals surface area (Å²) in [5.74, 6) is 0. The fourth-order valence-electron chi connectivity index (χ4n) is 8.66. The molecule has 0 aliphatic carbocycles. The lowest BCUT2D eigenvalue weighted by atomic mass is 9.97. The molecule has 0 spiro atoms. The van der Waals surface area contributed by atoms with Crippen LogP contribution < -0.4 is 0 Å². The van der Waals surface area contributed by atoms with Crippen molar-refractivity contribution in [2.45, 2.75) is 140 Å². The molecule has 8 rings (SSSR count). The third-order valence-corrected chi connectivity index (χ3v) is 18.2. The Kier molecular flexibility index (Phi) is 19.5. The van der Waals surface area contributed by atoms with Gasteiger partial charge in [0.25, 0.3) is 0 Å². The summed E-state index contributed by atoms with van der Waals surface area (Å²) in [4.78, 5) is 0. The number of benzene rings is 6. The van der Waals surface area contributed by atoms with Gasteiger partial charge in [-0.1, -0.05) is 203 Å². The van der Waals surface area contributed by atoms with Crippen molar-refractivity contribution in [1.82, 2.24) is 0 Å². The molecule has 2 aliphatic rings. The normalized spacial score (nSPS) is 24.8. The van der Waals surface area contributed by atoms with Crippen LogP contribution in [-0.4, -0.2) is 88.0 Å². The highest BCUT2D eigenvalue weighted by molar-refractivity contribution is 6.74. The van der Waals surface area contributed by atoms with Crippen LogP contribution in [0.15, 0.2) is 182 Å². The fourth-order valence-corrected chi connectivity index (χ4v) is 9.98. The van der Waals surface area contributed by atoms with Gasteiger partial charge in [0.2, 0.25) is 0 Å². The van der Waals surface area contributed by atoms with Crippen molar-refractivity contribution in [3.8, 4) is 0 Å². The second kappa shape index (κ2) is 26.4. The molecule has 72 heavy (non-hydrogen) atoms. The van der Waals surface area contributed by atoms with Crippen LogP contribution in [0.2, 0.25) is 18.1 Å². The molecule has 0 saturated carbocycles. The first-order valence-corrected chi connectivity index (χ1v) is 28.1. The highest BCUT2D eigenvalue weighted by atomic mass is 28.4. The Morgan fingerprint density at radius 3 is 1.12 bits per heavy atom. The maximum atomic E-state index is 12.1. The van der Waals surface area contributed by atoms with Gasteiger partial charge in [0.05, 0.1) is 52.9 Å². The molecular formula is C60H72O11Si. The molecule has 6 aromatic rings. The van der Waals surface area contributed by atoms with Crippen LogP contribution in [0.3, 0.4) is 0 Å². The maximum absolute atomic E-state index is 12.1. The van der Waals surface area contributed by atoms with Crippen molar-refractivity contribution < 1.29 is 52.2 Å². The predicted molar refractivity (Wildman–Crippen MR) is 279 cm³/mol. The number of hydrogen-bond donors (Lipinski definition) is 1. The SMILES string of the molecule is CC(C)(C)[Si](C)(C)O[C@H]1[C@H](OCc2ccccc2)[C@@H](OCc2ccccc2)[C@@H](O)O[C@@H]1CO[C@H]1O[C@H](COCc2ccccc2)[C@@H](OCc2ccccc2)[C@H](OCc2ccccc2)[C@H]1OCc1ccccc1. The van der Waals surface area contributed by atoms with Crippen LogP contribution in [0.4, 0.5) is 0 Å².